The number of hydrogen-bond acceptors (Lipinski definition) is 4. The number of aryl methyl sites for hydroxylation is 1. The number of hydrogen-bond donors (Lipinski definition) is 2. The summed E-state index contributed by atoms with van der Waals surface area (Å²) >= 11 is 0. The third-order valence-corrected chi connectivity index (χ3v) is 3.31. The van der Waals surface area contributed by atoms with Crippen LogP contribution in [0.25, 0.3) is 0 Å². The number of rotatable bonds is 7. The Morgan fingerprint density at radius 3 is 2.70 bits per heavy atom. The van der Waals surface area contributed by atoms with Crippen molar-refractivity contribution in [3.63, 3.8) is 0 Å². The summed E-state index contributed by atoms with van der Waals surface area (Å²) in [6, 6.07) is 10.2. The molecule has 0 aliphatic heterocycles. The van der Waals surface area contributed by atoms with Gasteiger partial charge in [0.05, 0.1) is 25.0 Å². The highest BCUT2D eigenvalue weighted by Gasteiger charge is 2.21. The maximum absolute atomic E-state index is 5.75. The lowest BCUT2D eigenvalue weighted by Crippen LogP contribution is -2.31. The lowest BCUT2D eigenvalue weighted by molar-refractivity contribution is 0.389. The molecule has 108 valence electrons. The van der Waals surface area contributed by atoms with E-state index in [9.17, 15) is 0 Å². The topological polar surface area (TPSA) is 65.1 Å². The summed E-state index contributed by atoms with van der Waals surface area (Å²) in [4.78, 5) is 0. The number of aromatic nitrogens is 2. The molecule has 0 saturated carbocycles. The lowest BCUT2D eigenvalue weighted by Gasteiger charge is -2.19. The largest absolute Gasteiger partial charge is 0.493 e. The van der Waals surface area contributed by atoms with E-state index < -0.39 is 0 Å². The number of nitrogens with one attached hydrogen (secondary N) is 1. The number of ether oxygens (including phenoxy) is 1. The van der Waals surface area contributed by atoms with Crippen LogP contribution in [0.5, 0.6) is 5.75 Å². The van der Waals surface area contributed by atoms with Crippen LogP contribution in [-0.4, -0.2) is 16.9 Å². The molecule has 0 aliphatic carbocycles. The minimum atomic E-state index is -0.0265. The summed E-state index contributed by atoms with van der Waals surface area (Å²) in [6.45, 7) is 2.98. The fourth-order valence-corrected chi connectivity index (χ4v) is 2.36. The Labute approximate surface area is 119 Å². The van der Waals surface area contributed by atoms with Gasteiger partial charge in [0.15, 0.2) is 5.75 Å². The van der Waals surface area contributed by atoms with Crippen molar-refractivity contribution in [3.05, 3.63) is 47.8 Å². The van der Waals surface area contributed by atoms with Gasteiger partial charge in [-0.15, -0.1) is 0 Å². The van der Waals surface area contributed by atoms with Crippen LogP contribution < -0.4 is 16.0 Å². The number of methoxy groups -OCH3 is 1. The molecular formula is C15H22N4O. The van der Waals surface area contributed by atoms with Crippen LogP contribution >= 0.6 is 0 Å². The van der Waals surface area contributed by atoms with Gasteiger partial charge in [-0.2, -0.15) is 5.10 Å². The van der Waals surface area contributed by atoms with E-state index in [1.807, 2.05) is 22.9 Å². The smallest absolute Gasteiger partial charge is 0.161 e. The molecule has 5 nitrogen and oxygen atoms in total. The Balaban J connectivity index is 2.28. The van der Waals surface area contributed by atoms with Crippen LogP contribution in [0.1, 0.15) is 30.6 Å². The first-order chi connectivity index (χ1) is 9.80. The highest BCUT2D eigenvalue weighted by Crippen LogP contribution is 2.27. The summed E-state index contributed by atoms with van der Waals surface area (Å²) in [6.07, 6.45) is 3.56. The minimum absolute atomic E-state index is 0.0265. The molecule has 0 spiro atoms. The average molecular weight is 274 g/mol. The zero-order valence-corrected chi connectivity index (χ0v) is 12.0. The molecule has 1 unspecified atom stereocenters. The molecule has 0 radical (unpaired) electrons. The SMILES string of the molecule is CCCn1ncc(OC)c1C(Cc1ccccc1)NN. The molecule has 2 aromatic rings. The number of benzene rings is 1. The first-order valence-electron chi connectivity index (χ1n) is 6.89. The Morgan fingerprint density at radius 1 is 1.35 bits per heavy atom. The molecular weight excluding hydrogens is 252 g/mol. The van der Waals surface area contributed by atoms with E-state index in [0.29, 0.717) is 0 Å². The van der Waals surface area contributed by atoms with Gasteiger partial charge in [0.2, 0.25) is 0 Å². The van der Waals surface area contributed by atoms with E-state index in [-0.39, 0.29) is 6.04 Å². The van der Waals surface area contributed by atoms with Gasteiger partial charge in [-0.05, 0) is 18.4 Å². The zero-order chi connectivity index (χ0) is 14.4. The molecule has 1 aromatic carbocycles. The molecule has 0 fully saturated rings. The van der Waals surface area contributed by atoms with Crippen molar-refractivity contribution >= 4 is 0 Å². The second-order valence-corrected chi connectivity index (χ2v) is 4.73. The third-order valence-electron chi connectivity index (χ3n) is 3.31. The van der Waals surface area contributed by atoms with Crippen molar-refractivity contribution in [1.82, 2.24) is 15.2 Å². The molecule has 0 saturated heterocycles. The van der Waals surface area contributed by atoms with E-state index in [2.05, 4.69) is 29.6 Å². The van der Waals surface area contributed by atoms with Gasteiger partial charge in [0.1, 0.15) is 0 Å². The van der Waals surface area contributed by atoms with Crippen molar-refractivity contribution < 1.29 is 4.74 Å². The predicted octanol–water partition coefficient (Wildman–Crippen LogP) is 2.05. The second-order valence-electron chi connectivity index (χ2n) is 4.73. The number of hydrazine groups is 1. The Morgan fingerprint density at radius 2 is 2.10 bits per heavy atom. The predicted molar refractivity (Wildman–Crippen MR) is 79.3 cm³/mol. The summed E-state index contributed by atoms with van der Waals surface area (Å²) < 4.78 is 7.38. The number of nitrogens with two attached hydrogens (primary N) is 1. The summed E-state index contributed by atoms with van der Waals surface area (Å²) in [5, 5.41) is 4.38. The molecule has 20 heavy (non-hydrogen) atoms. The van der Waals surface area contributed by atoms with Gasteiger partial charge in [-0.3, -0.25) is 16.0 Å². The average Bonchev–Trinajstić information content (AvgIpc) is 2.89. The second kappa shape index (κ2) is 7.07. The van der Waals surface area contributed by atoms with Crippen LogP contribution in [0.3, 0.4) is 0 Å². The van der Waals surface area contributed by atoms with E-state index in [4.69, 9.17) is 10.6 Å². The van der Waals surface area contributed by atoms with Gasteiger partial charge in [0.25, 0.3) is 0 Å². The lowest BCUT2D eigenvalue weighted by atomic mass is 10.0. The van der Waals surface area contributed by atoms with E-state index >= 15 is 0 Å². The fourth-order valence-electron chi connectivity index (χ4n) is 2.36. The van der Waals surface area contributed by atoms with Crippen molar-refractivity contribution in [2.45, 2.75) is 32.4 Å². The molecule has 2 rings (SSSR count). The van der Waals surface area contributed by atoms with E-state index in [1.165, 1.54) is 5.56 Å². The molecule has 1 atom stereocenters. The molecule has 1 heterocycles. The van der Waals surface area contributed by atoms with Crippen LogP contribution in [-0.2, 0) is 13.0 Å². The van der Waals surface area contributed by atoms with Crippen LogP contribution in [0.4, 0.5) is 0 Å². The quantitative estimate of drug-likeness (QED) is 0.599. The van der Waals surface area contributed by atoms with Gasteiger partial charge in [-0.1, -0.05) is 37.3 Å². The zero-order valence-electron chi connectivity index (χ0n) is 12.0. The number of nitrogens with zero attached hydrogens (tertiary/aromatic N) is 2. The normalized spacial score (nSPS) is 12.3. The van der Waals surface area contributed by atoms with Gasteiger partial charge >= 0.3 is 0 Å². The van der Waals surface area contributed by atoms with E-state index in [1.54, 1.807) is 13.3 Å². The molecule has 3 N–H and O–H groups in total. The van der Waals surface area contributed by atoms with Gasteiger partial charge < -0.3 is 4.74 Å². The third kappa shape index (κ3) is 3.18. The summed E-state index contributed by atoms with van der Waals surface area (Å²) in [5.74, 6) is 6.53. The van der Waals surface area contributed by atoms with Crippen LogP contribution in [0, 0.1) is 0 Å². The summed E-state index contributed by atoms with van der Waals surface area (Å²) in [7, 11) is 1.66. The summed E-state index contributed by atoms with van der Waals surface area (Å²) in [5.41, 5.74) is 5.11. The maximum atomic E-state index is 5.75. The Bertz CT molecular complexity index is 524. The van der Waals surface area contributed by atoms with Crippen molar-refractivity contribution in [2.24, 2.45) is 5.84 Å². The fraction of sp³-hybridized carbons (Fsp3) is 0.400. The molecule has 1 aromatic heterocycles. The molecule has 0 bridgehead atoms. The van der Waals surface area contributed by atoms with Crippen molar-refractivity contribution in [1.29, 1.82) is 0 Å². The highest BCUT2D eigenvalue weighted by atomic mass is 16.5. The maximum Gasteiger partial charge on any atom is 0.161 e. The van der Waals surface area contributed by atoms with Crippen LogP contribution in [0.15, 0.2) is 36.5 Å². The van der Waals surface area contributed by atoms with Gasteiger partial charge in [0, 0.05) is 6.54 Å². The van der Waals surface area contributed by atoms with Crippen molar-refractivity contribution in [2.75, 3.05) is 7.11 Å². The first kappa shape index (κ1) is 14.6. The minimum Gasteiger partial charge on any atom is -0.493 e. The Kier molecular flexibility index (Phi) is 5.15. The standard InChI is InChI=1S/C15H22N4O/c1-3-9-19-15(14(20-2)11-17-19)13(18-16)10-12-7-5-4-6-8-12/h4-8,11,13,18H,3,9-10,16H2,1-2H3. The van der Waals surface area contributed by atoms with Gasteiger partial charge in [-0.25, -0.2) is 0 Å². The molecule has 0 aliphatic rings. The van der Waals surface area contributed by atoms with Crippen LogP contribution in [0.2, 0.25) is 0 Å². The monoisotopic (exact) mass is 274 g/mol. The van der Waals surface area contributed by atoms with Crippen molar-refractivity contribution in [3.8, 4) is 5.75 Å². The highest BCUT2D eigenvalue weighted by molar-refractivity contribution is 5.30. The van der Waals surface area contributed by atoms with E-state index in [0.717, 1.165) is 30.8 Å². The molecule has 0 amide bonds. The molecule has 5 heteroatoms. The first-order valence-corrected chi connectivity index (χ1v) is 6.89. The Hall–Kier alpha value is -1.85.